The quantitative estimate of drug-likeness (QED) is 0.228. The predicted octanol–water partition coefficient (Wildman–Crippen LogP) is 6.60. The molecule has 4 aromatic rings. The monoisotopic (exact) mass is 485 g/mol. The van der Waals surface area contributed by atoms with E-state index in [9.17, 15) is 9.59 Å². The fourth-order valence-electron chi connectivity index (χ4n) is 3.35. The molecule has 0 fully saturated rings. The third-order valence-corrected chi connectivity index (χ3v) is 5.55. The van der Waals surface area contributed by atoms with E-state index in [4.69, 9.17) is 9.72 Å². The maximum atomic E-state index is 13.0. The highest BCUT2D eigenvalue weighted by atomic mass is 79.9. The molecule has 158 valence electrons. The van der Waals surface area contributed by atoms with Crippen molar-refractivity contribution in [3.8, 4) is 0 Å². The van der Waals surface area contributed by atoms with Crippen LogP contribution in [-0.4, -0.2) is 23.3 Å². The van der Waals surface area contributed by atoms with Gasteiger partial charge in [0.1, 0.15) is 0 Å². The van der Waals surface area contributed by atoms with Gasteiger partial charge in [-0.05, 0) is 48.4 Å². The Bertz CT molecular complexity index is 1310. The van der Waals surface area contributed by atoms with Crippen LogP contribution in [0.25, 0.3) is 22.6 Å². The molecule has 32 heavy (non-hydrogen) atoms. The molecule has 0 N–H and O–H groups in total. The summed E-state index contributed by atoms with van der Waals surface area (Å²) in [5.41, 5.74) is 4.21. The first kappa shape index (κ1) is 21.7. The number of rotatable bonds is 6. The standard InChI is InChI=1S/C27H20BrNO3/c1-18(15-19-7-3-2-4-8-19)25-16-23(22-9-5-6-10-24(22)29-25)27(31)32-17-26(30)20-11-13-21(28)14-12-20/h2-16H,17H2,1H3. The second kappa shape index (κ2) is 9.71. The van der Waals surface area contributed by atoms with Gasteiger partial charge >= 0.3 is 5.97 Å². The molecule has 0 saturated carbocycles. The normalized spacial score (nSPS) is 11.4. The summed E-state index contributed by atoms with van der Waals surface area (Å²) >= 11 is 3.34. The van der Waals surface area contributed by atoms with Crippen LogP contribution in [0, 0.1) is 0 Å². The zero-order valence-corrected chi connectivity index (χ0v) is 19.0. The van der Waals surface area contributed by atoms with Crippen LogP contribution in [0.3, 0.4) is 0 Å². The molecule has 3 aromatic carbocycles. The zero-order valence-electron chi connectivity index (χ0n) is 17.4. The fraction of sp³-hybridized carbons (Fsp3) is 0.0741. The van der Waals surface area contributed by atoms with E-state index in [2.05, 4.69) is 15.9 Å². The summed E-state index contributed by atoms with van der Waals surface area (Å²) in [5, 5.41) is 0.685. The van der Waals surface area contributed by atoms with Gasteiger partial charge in [0.25, 0.3) is 0 Å². The Morgan fingerprint density at radius 3 is 2.38 bits per heavy atom. The summed E-state index contributed by atoms with van der Waals surface area (Å²) in [4.78, 5) is 30.1. The van der Waals surface area contributed by atoms with Gasteiger partial charge in [-0.3, -0.25) is 4.79 Å². The lowest BCUT2D eigenvalue weighted by molar-refractivity contribution is 0.0476. The average molecular weight is 486 g/mol. The number of aromatic nitrogens is 1. The summed E-state index contributed by atoms with van der Waals surface area (Å²) in [6.45, 7) is 1.63. The van der Waals surface area contributed by atoms with Crippen molar-refractivity contribution < 1.29 is 14.3 Å². The lowest BCUT2D eigenvalue weighted by atomic mass is 10.0. The van der Waals surface area contributed by atoms with E-state index >= 15 is 0 Å². The summed E-state index contributed by atoms with van der Waals surface area (Å²) in [7, 11) is 0. The molecular formula is C27H20BrNO3. The minimum Gasteiger partial charge on any atom is -0.454 e. The number of carbonyl (C=O) groups is 2. The molecule has 4 rings (SSSR count). The molecule has 0 amide bonds. The molecule has 4 nitrogen and oxygen atoms in total. The highest BCUT2D eigenvalue weighted by Crippen LogP contribution is 2.24. The Labute approximate surface area is 194 Å². The van der Waals surface area contributed by atoms with E-state index in [1.807, 2.05) is 67.6 Å². The highest BCUT2D eigenvalue weighted by molar-refractivity contribution is 9.10. The number of Topliss-reactive ketones (excluding diaryl/α,β-unsaturated/α-hetero) is 1. The molecule has 0 unspecified atom stereocenters. The Balaban J connectivity index is 1.62. The van der Waals surface area contributed by atoms with E-state index in [-0.39, 0.29) is 12.4 Å². The number of para-hydroxylation sites is 1. The number of hydrogen-bond acceptors (Lipinski definition) is 4. The number of allylic oxidation sites excluding steroid dienone is 1. The van der Waals surface area contributed by atoms with Gasteiger partial charge in [0, 0.05) is 15.4 Å². The van der Waals surface area contributed by atoms with E-state index in [0.29, 0.717) is 27.7 Å². The minimum absolute atomic E-state index is 0.260. The molecule has 0 aliphatic rings. The highest BCUT2D eigenvalue weighted by Gasteiger charge is 2.17. The van der Waals surface area contributed by atoms with Gasteiger partial charge in [0.05, 0.1) is 16.8 Å². The average Bonchev–Trinajstić information content (AvgIpc) is 2.82. The maximum absolute atomic E-state index is 13.0. The smallest absolute Gasteiger partial charge is 0.339 e. The molecule has 0 aliphatic carbocycles. The van der Waals surface area contributed by atoms with Gasteiger partial charge in [-0.25, -0.2) is 9.78 Å². The number of hydrogen-bond donors (Lipinski definition) is 0. The van der Waals surface area contributed by atoms with Gasteiger partial charge in [-0.1, -0.05) is 76.6 Å². The molecule has 0 radical (unpaired) electrons. The van der Waals surface area contributed by atoms with Crippen molar-refractivity contribution in [2.24, 2.45) is 0 Å². The lowest BCUT2D eigenvalue weighted by Gasteiger charge is -2.10. The lowest BCUT2D eigenvalue weighted by Crippen LogP contribution is -2.15. The molecule has 0 atom stereocenters. The number of pyridine rings is 1. The van der Waals surface area contributed by atoms with Crippen molar-refractivity contribution in [2.75, 3.05) is 6.61 Å². The fourth-order valence-corrected chi connectivity index (χ4v) is 3.61. The van der Waals surface area contributed by atoms with Crippen LogP contribution in [-0.2, 0) is 4.74 Å². The van der Waals surface area contributed by atoms with Crippen LogP contribution >= 0.6 is 15.9 Å². The van der Waals surface area contributed by atoms with Gasteiger partial charge in [0.2, 0.25) is 0 Å². The molecule has 1 aromatic heterocycles. The van der Waals surface area contributed by atoms with Gasteiger partial charge < -0.3 is 4.74 Å². The molecule has 0 bridgehead atoms. The van der Waals surface area contributed by atoms with Crippen molar-refractivity contribution in [1.82, 2.24) is 4.98 Å². The number of carbonyl (C=O) groups excluding carboxylic acids is 2. The van der Waals surface area contributed by atoms with Crippen molar-refractivity contribution in [2.45, 2.75) is 6.92 Å². The van der Waals surface area contributed by atoms with Crippen LogP contribution in [0.5, 0.6) is 0 Å². The number of nitrogens with zero attached hydrogens (tertiary/aromatic N) is 1. The number of esters is 1. The number of benzene rings is 3. The van der Waals surface area contributed by atoms with Crippen LogP contribution in [0.4, 0.5) is 0 Å². The Kier molecular flexibility index (Phi) is 6.57. The Morgan fingerprint density at radius 1 is 0.938 bits per heavy atom. The number of ether oxygens (including phenoxy) is 1. The second-order valence-corrected chi connectivity index (χ2v) is 8.23. The number of ketones is 1. The van der Waals surface area contributed by atoms with Gasteiger partial charge in [0.15, 0.2) is 12.4 Å². The van der Waals surface area contributed by atoms with Crippen molar-refractivity contribution >= 4 is 50.2 Å². The largest absolute Gasteiger partial charge is 0.454 e. The molecule has 0 aliphatic heterocycles. The topological polar surface area (TPSA) is 56.3 Å². The van der Waals surface area contributed by atoms with Crippen LogP contribution < -0.4 is 0 Å². The summed E-state index contributed by atoms with van der Waals surface area (Å²) in [6.07, 6.45) is 2.02. The molecule has 5 heteroatoms. The maximum Gasteiger partial charge on any atom is 0.339 e. The van der Waals surface area contributed by atoms with Crippen molar-refractivity contribution in [3.63, 3.8) is 0 Å². The SMILES string of the molecule is CC(=Cc1ccccc1)c1cc(C(=O)OCC(=O)c2ccc(Br)cc2)c2ccccc2n1. The second-order valence-electron chi connectivity index (χ2n) is 7.32. The van der Waals surface area contributed by atoms with E-state index in [1.165, 1.54) is 0 Å². The zero-order chi connectivity index (χ0) is 22.5. The first-order chi connectivity index (χ1) is 15.5. The first-order valence-corrected chi connectivity index (χ1v) is 10.9. The van der Waals surface area contributed by atoms with Crippen molar-refractivity contribution in [1.29, 1.82) is 0 Å². The van der Waals surface area contributed by atoms with Gasteiger partial charge in [-0.15, -0.1) is 0 Å². The predicted molar refractivity (Wildman–Crippen MR) is 130 cm³/mol. The third kappa shape index (κ3) is 5.01. The Morgan fingerprint density at radius 2 is 1.62 bits per heavy atom. The minimum atomic E-state index is -0.553. The van der Waals surface area contributed by atoms with E-state index in [1.54, 1.807) is 30.3 Å². The van der Waals surface area contributed by atoms with Crippen LogP contribution in [0.15, 0.2) is 89.4 Å². The number of halogens is 1. The van der Waals surface area contributed by atoms with Crippen LogP contribution in [0.1, 0.15) is 38.9 Å². The van der Waals surface area contributed by atoms with E-state index < -0.39 is 5.97 Å². The summed E-state index contributed by atoms with van der Waals surface area (Å²) in [5.74, 6) is -0.813. The molecular weight excluding hydrogens is 466 g/mol. The molecule has 0 spiro atoms. The van der Waals surface area contributed by atoms with Crippen molar-refractivity contribution in [3.05, 3.63) is 112 Å². The Hall–Kier alpha value is -3.57. The van der Waals surface area contributed by atoms with Gasteiger partial charge in [-0.2, -0.15) is 0 Å². The first-order valence-electron chi connectivity index (χ1n) is 10.1. The summed E-state index contributed by atoms with van der Waals surface area (Å²) < 4.78 is 6.26. The third-order valence-electron chi connectivity index (χ3n) is 5.02. The number of fused-ring (bicyclic) bond motifs is 1. The molecule has 0 saturated heterocycles. The molecule has 1 heterocycles. The van der Waals surface area contributed by atoms with Crippen LogP contribution in [0.2, 0.25) is 0 Å². The summed E-state index contributed by atoms with van der Waals surface area (Å²) in [6, 6.07) is 26.0. The van der Waals surface area contributed by atoms with E-state index in [0.717, 1.165) is 15.6 Å².